The minimum Gasteiger partial charge on any atom is -0.493 e. The summed E-state index contributed by atoms with van der Waals surface area (Å²) in [6, 6.07) is 12.0. The Balaban J connectivity index is 1.19. The molecule has 3 saturated heterocycles. The molecule has 0 spiro atoms. The first-order chi connectivity index (χ1) is 22.8. The first-order valence-corrected chi connectivity index (χ1v) is 15.8. The van der Waals surface area contributed by atoms with Crippen molar-refractivity contribution in [2.45, 2.75) is 38.0 Å². The Hall–Kier alpha value is -4.46. The Morgan fingerprint density at radius 2 is 1.74 bits per heavy atom. The SMILES string of the molecule is COc1ccc([C@H](Cc2c(Cl)cncc2Cl)OC(=O)c2ccc(CN(C(=O)O[C@H]3CN4CCC3CC4)c3nn[nH]n3)cc2)cc1OC. The van der Waals surface area contributed by atoms with Gasteiger partial charge in [-0.15, -0.1) is 5.10 Å². The van der Waals surface area contributed by atoms with Crippen molar-refractivity contribution in [1.29, 1.82) is 0 Å². The maximum Gasteiger partial charge on any atom is 0.417 e. The summed E-state index contributed by atoms with van der Waals surface area (Å²) in [5, 5.41) is 14.7. The van der Waals surface area contributed by atoms with Gasteiger partial charge in [-0.3, -0.25) is 9.88 Å². The fourth-order valence-electron chi connectivity index (χ4n) is 5.95. The van der Waals surface area contributed by atoms with Crippen LogP contribution in [0.25, 0.3) is 0 Å². The molecule has 0 aliphatic carbocycles. The van der Waals surface area contributed by atoms with Crippen molar-refractivity contribution in [2.24, 2.45) is 5.92 Å². The van der Waals surface area contributed by atoms with Crippen molar-refractivity contribution in [3.8, 4) is 11.5 Å². The number of tetrazole rings is 1. The molecule has 1 N–H and O–H groups in total. The van der Waals surface area contributed by atoms with Gasteiger partial charge in [-0.25, -0.2) is 14.5 Å². The van der Waals surface area contributed by atoms with Crippen LogP contribution in [0.1, 0.15) is 46.0 Å². The van der Waals surface area contributed by atoms with Gasteiger partial charge in [0.05, 0.1) is 36.4 Å². The number of aromatic amines is 1. The highest BCUT2D eigenvalue weighted by Gasteiger charge is 2.38. The molecular weight excluding hydrogens is 649 g/mol. The van der Waals surface area contributed by atoms with Crippen molar-refractivity contribution in [2.75, 3.05) is 38.8 Å². The Bertz CT molecular complexity index is 1680. The van der Waals surface area contributed by atoms with E-state index in [1.165, 1.54) is 31.5 Å². The maximum absolute atomic E-state index is 13.5. The summed E-state index contributed by atoms with van der Waals surface area (Å²) in [5.74, 6) is 0.857. The van der Waals surface area contributed by atoms with E-state index in [9.17, 15) is 9.59 Å². The number of carbonyl (C=O) groups excluding carboxylic acids is 2. The molecule has 2 aromatic heterocycles. The van der Waals surface area contributed by atoms with Crippen LogP contribution in [0.15, 0.2) is 54.9 Å². The second-order valence-electron chi connectivity index (χ2n) is 11.3. The fourth-order valence-corrected chi connectivity index (χ4v) is 6.47. The summed E-state index contributed by atoms with van der Waals surface area (Å²) in [7, 11) is 3.07. The van der Waals surface area contributed by atoms with Crippen LogP contribution >= 0.6 is 23.2 Å². The van der Waals surface area contributed by atoms with E-state index in [1.54, 1.807) is 42.5 Å². The van der Waals surface area contributed by atoms with E-state index < -0.39 is 18.2 Å². The lowest BCUT2D eigenvalue weighted by atomic mass is 9.86. The molecule has 246 valence electrons. The van der Waals surface area contributed by atoms with E-state index in [0.29, 0.717) is 49.7 Å². The molecule has 15 heteroatoms. The number of ether oxygens (including phenoxy) is 4. The molecule has 5 heterocycles. The summed E-state index contributed by atoms with van der Waals surface area (Å²) in [5.41, 5.74) is 2.24. The highest BCUT2D eigenvalue weighted by Crippen LogP contribution is 2.36. The Morgan fingerprint density at radius 3 is 2.36 bits per heavy atom. The minimum atomic E-state index is -0.783. The second-order valence-corrected chi connectivity index (χ2v) is 12.2. The Kier molecular flexibility index (Phi) is 10.0. The minimum absolute atomic E-state index is 0.0888. The number of piperidine rings is 3. The van der Waals surface area contributed by atoms with Crippen LogP contribution in [0.4, 0.5) is 10.7 Å². The monoisotopic (exact) mass is 681 g/mol. The van der Waals surface area contributed by atoms with Crippen LogP contribution in [0.2, 0.25) is 10.0 Å². The van der Waals surface area contributed by atoms with Crippen LogP contribution in [0.3, 0.4) is 0 Å². The lowest BCUT2D eigenvalue weighted by molar-refractivity contribution is -0.0312. The second kappa shape index (κ2) is 14.5. The molecule has 0 saturated carbocycles. The van der Waals surface area contributed by atoms with Gasteiger partial charge in [0.25, 0.3) is 5.95 Å². The number of methoxy groups -OCH3 is 2. The zero-order valence-electron chi connectivity index (χ0n) is 25.8. The highest BCUT2D eigenvalue weighted by atomic mass is 35.5. The van der Waals surface area contributed by atoms with Crippen molar-refractivity contribution < 1.29 is 28.5 Å². The number of aromatic nitrogens is 5. The number of nitrogens with zero attached hydrogens (tertiary/aromatic N) is 6. The van der Waals surface area contributed by atoms with Gasteiger partial charge in [0.1, 0.15) is 12.2 Å². The number of benzene rings is 2. The number of pyridine rings is 1. The lowest BCUT2D eigenvalue weighted by Crippen LogP contribution is -2.53. The number of fused-ring (bicyclic) bond motifs is 3. The third-order valence-electron chi connectivity index (χ3n) is 8.55. The topological polar surface area (TPSA) is 145 Å². The van der Waals surface area contributed by atoms with E-state index in [4.69, 9.17) is 42.1 Å². The molecule has 3 aliphatic heterocycles. The lowest BCUT2D eigenvalue weighted by Gasteiger charge is -2.44. The van der Waals surface area contributed by atoms with Crippen molar-refractivity contribution in [1.82, 2.24) is 30.5 Å². The van der Waals surface area contributed by atoms with Crippen LogP contribution in [-0.2, 0) is 22.4 Å². The van der Waals surface area contributed by atoms with Gasteiger partial charge in [0, 0.05) is 25.4 Å². The predicted octanol–water partition coefficient (Wildman–Crippen LogP) is 5.30. The number of hydrogen-bond donors (Lipinski definition) is 1. The zero-order valence-corrected chi connectivity index (χ0v) is 27.3. The molecule has 7 rings (SSSR count). The quantitative estimate of drug-likeness (QED) is 0.206. The molecule has 2 aromatic carbocycles. The number of carbonyl (C=O) groups is 2. The van der Waals surface area contributed by atoms with E-state index >= 15 is 0 Å². The number of halogens is 2. The Labute approximate surface area is 281 Å². The number of hydrogen-bond acceptors (Lipinski definition) is 11. The molecule has 2 bridgehead atoms. The van der Waals surface area contributed by atoms with Gasteiger partial charge in [-0.05, 0) is 78.0 Å². The average Bonchev–Trinajstić information content (AvgIpc) is 3.63. The number of amides is 1. The molecule has 1 amide bonds. The number of esters is 1. The summed E-state index contributed by atoms with van der Waals surface area (Å²) in [6.07, 6.45) is 3.64. The van der Waals surface area contributed by atoms with Crippen molar-refractivity contribution in [3.05, 3.63) is 87.2 Å². The molecule has 3 fully saturated rings. The molecule has 3 aliphatic rings. The summed E-state index contributed by atoms with van der Waals surface area (Å²) in [4.78, 5) is 34.5. The van der Waals surface area contributed by atoms with Gasteiger partial charge < -0.3 is 18.9 Å². The van der Waals surface area contributed by atoms with Crippen LogP contribution in [-0.4, -0.2) is 82.5 Å². The number of anilines is 1. The van der Waals surface area contributed by atoms with E-state index in [2.05, 4.69) is 30.5 Å². The standard InChI is InChI=1S/C32H33Cl2N7O6/c1-44-26-8-7-22(13-28(26)45-2)27(14-23-24(33)15-35-16-25(23)34)46-30(42)21-5-3-19(4-6-21)17-41(31-36-38-39-37-31)32(43)47-29-18-40-11-9-20(29)10-12-40/h3-8,13,15-16,20,27,29H,9-12,14,17-18H2,1-2H3,(H,36,37,38,39)/t27-,29-/m0/s1. The molecule has 2 atom stereocenters. The normalized spacial score (nSPS) is 19.1. The fraction of sp³-hybridized carbons (Fsp3) is 0.375. The highest BCUT2D eigenvalue weighted by molar-refractivity contribution is 6.35. The zero-order chi connectivity index (χ0) is 32.9. The molecule has 4 aromatic rings. The largest absolute Gasteiger partial charge is 0.493 e. The first-order valence-electron chi connectivity index (χ1n) is 15.1. The summed E-state index contributed by atoms with van der Waals surface area (Å²) in [6.45, 7) is 2.88. The first kappa shape index (κ1) is 32.5. The predicted molar refractivity (Wildman–Crippen MR) is 172 cm³/mol. The smallest absolute Gasteiger partial charge is 0.417 e. The van der Waals surface area contributed by atoms with E-state index in [-0.39, 0.29) is 25.0 Å². The molecule has 0 radical (unpaired) electrons. The molecular formula is C32H33Cl2N7O6. The molecule has 0 unspecified atom stereocenters. The average molecular weight is 683 g/mol. The third kappa shape index (κ3) is 7.42. The van der Waals surface area contributed by atoms with Gasteiger partial charge in [0.2, 0.25) is 0 Å². The van der Waals surface area contributed by atoms with Crippen LogP contribution in [0, 0.1) is 5.92 Å². The van der Waals surface area contributed by atoms with Crippen molar-refractivity contribution in [3.63, 3.8) is 0 Å². The third-order valence-corrected chi connectivity index (χ3v) is 9.20. The van der Waals surface area contributed by atoms with E-state index in [0.717, 1.165) is 32.5 Å². The number of nitrogens with one attached hydrogen (secondary N) is 1. The van der Waals surface area contributed by atoms with E-state index in [1.807, 2.05) is 0 Å². The van der Waals surface area contributed by atoms with Crippen LogP contribution < -0.4 is 14.4 Å². The maximum atomic E-state index is 13.5. The number of rotatable bonds is 11. The molecule has 47 heavy (non-hydrogen) atoms. The number of H-pyrrole nitrogens is 1. The van der Waals surface area contributed by atoms with Crippen molar-refractivity contribution >= 4 is 41.2 Å². The van der Waals surface area contributed by atoms with Gasteiger partial charge in [0.15, 0.2) is 11.5 Å². The Morgan fingerprint density at radius 1 is 1.02 bits per heavy atom. The summed E-state index contributed by atoms with van der Waals surface area (Å²) < 4.78 is 22.8. The van der Waals surface area contributed by atoms with Gasteiger partial charge in [-0.1, -0.05) is 46.5 Å². The van der Waals surface area contributed by atoms with Crippen LogP contribution in [0.5, 0.6) is 11.5 Å². The van der Waals surface area contributed by atoms with Gasteiger partial charge in [-0.2, -0.15) is 5.21 Å². The summed E-state index contributed by atoms with van der Waals surface area (Å²) >= 11 is 12.8. The molecule has 13 nitrogen and oxygen atoms in total. The van der Waals surface area contributed by atoms with Gasteiger partial charge >= 0.3 is 12.1 Å².